The molecule has 0 fully saturated rings. The summed E-state index contributed by atoms with van der Waals surface area (Å²) in [5, 5.41) is 25.5. The molecule has 0 unspecified atom stereocenters. The number of para-hydroxylation sites is 1. The van der Waals surface area contributed by atoms with Crippen LogP contribution in [0.2, 0.25) is 0 Å². The zero-order valence-corrected chi connectivity index (χ0v) is 16.2. The van der Waals surface area contributed by atoms with Gasteiger partial charge < -0.3 is 14.6 Å². The van der Waals surface area contributed by atoms with Crippen LogP contribution in [0.25, 0.3) is 32.6 Å². The van der Waals surface area contributed by atoms with E-state index in [9.17, 15) is 0 Å². The smallest absolute Gasteiger partial charge is 0.128 e. The Hall–Kier alpha value is -2.81. The zero-order chi connectivity index (χ0) is 19.3. The van der Waals surface area contributed by atoms with Crippen LogP contribution in [0.15, 0.2) is 48.1 Å². The summed E-state index contributed by atoms with van der Waals surface area (Å²) in [6, 6.07) is 9.87. The van der Waals surface area contributed by atoms with Gasteiger partial charge in [-0.25, -0.2) is 0 Å². The molecule has 7 nitrogen and oxygen atoms in total. The van der Waals surface area contributed by atoms with E-state index < -0.39 is 0 Å². The molecule has 0 amide bonds. The van der Waals surface area contributed by atoms with Crippen LogP contribution in [0.4, 0.5) is 0 Å². The minimum Gasteiger partial charge on any atom is -0.490 e. The number of ether oxygens (including phenoxy) is 2. The third-order valence-corrected chi connectivity index (χ3v) is 5.23. The largest absolute Gasteiger partial charge is 0.490 e. The first-order valence-corrected chi connectivity index (χ1v) is 9.78. The van der Waals surface area contributed by atoms with Crippen molar-refractivity contribution in [2.75, 3.05) is 26.9 Å². The molecule has 0 saturated heterocycles. The molecule has 28 heavy (non-hydrogen) atoms. The maximum Gasteiger partial charge on any atom is 0.128 e. The highest BCUT2D eigenvalue weighted by Crippen LogP contribution is 2.38. The summed E-state index contributed by atoms with van der Waals surface area (Å²) in [4.78, 5) is 0. The number of hydrogen-bond acceptors (Lipinski definition) is 7. The normalized spacial score (nSPS) is 11.2. The number of nitrogens with zero attached hydrogens (tertiary/aromatic N) is 4. The van der Waals surface area contributed by atoms with Crippen molar-refractivity contribution >= 4 is 21.4 Å². The lowest BCUT2D eigenvalue weighted by atomic mass is 10.1. The molecule has 0 aliphatic carbocycles. The molecule has 0 aliphatic heterocycles. The Bertz CT molecular complexity index is 1080. The third kappa shape index (κ3) is 3.62. The maximum absolute atomic E-state index is 9.10. The Morgan fingerprint density at radius 3 is 2.82 bits per heavy atom. The van der Waals surface area contributed by atoms with Crippen LogP contribution in [0.1, 0.15) is 0 Å². The number of hydrogen-bond donors (Lipinski definition) is 1. The highest BCUT2D eigenvalue weighted by molar-refractivity contribution is 7.17. The molecule has 0 saturated carbocycles. The van der Waals surface area contributed by atoms with E-state index in [1.807, 2.05) is 41.9 Å². The summed E-state index contributed by atoms with van der Waals surface area (Å²) in [5.41, 5.74) is 3.35. The predicted molar refractivity (Wildman–Crippen MR) is 109 cm³/mol. The SMILES string of the molecule is COCCOc1ccccc1-c1nnc(-c2cnn(CCO)c2)c2ccsc12. The van der Waals surface area contributed by atoms with Gasteiger partial charge in [-0.1, -0.05) is 12.1 Å². The van der Waals surface area contributed by atoms with E-state index in [2.05, 4.69) is 15.3 Å². The highest BCUT2D eigenvalue weighted by atomic mass is 32.1. The van der Waals surface area contributed by atoms with Crippen LogP contribution < -0.4 is 4.74 Å². The Morgan fingerprint density at radius 1 is 1.11 bits per heavy atom. The van der Waals surface area contributed by atoms with E-state index in [1.54, 1.807) is 29.3 Å². The number of aliphatic hydroxyl groups is 1. The fraction of sp³-hybridized carbons (Fsp3) is 0.250. The van der Waals surface area contributed by atoms with Crippen molar-refractivity contribution in [1.29, 1.82) is 0 Å². The second kappa shape index (κ2) is 8.47. The molecule has 1 aromatic carbocycles. The molecule has 3 heterocycles. The molecule has 0 spiro atoms. The quantitative estimate of drug-likeness (QED) is 0.461. The molecule has 4 rings (SSSR count). The van der Waals surface area contributed by atoms with E-state index >= 15 is 0 Å². The number of aromatic nitrogens is 4. The van der Waals surface area contributed by atoms with E-state index in [4.69, 9.17) is 14.6 Å². The number of benzene rings is 1. The fourth-order valence-corrected chi connectivity index (χ4v) is 3.90. The van der Waals surface area contributed by atoms with Crippen molar-refractivity contribution in [3.8, 4) is 28.3 Å². The van der Waals surface area contributed by atoms with Crippen molar-refractivity contribution in [2.45, 2.75) is 6.54 Å². The van der Waals surface area contributed by atoms with Gasteiger partial charge >= 0.3 is 0 Å². The van der Waals surface area contributed by atoms with Gasteiger partial charge in [0.15, 0.2) is 0 Å². The van der Waals surface area contributed by atoms with Crippen LogP contribution in [-0.2, 0) is 11.3 Å². The lowest BCUT2D eigenvalue weighted by molar-refractivity contribution is 0.146. The number of fused-ring (bicyclic) bond motifs is 1. The first kappa shape index (κ1) is 18.5. The minimum absolute atomic E-state index is 0.0411. The van der Waals surface area contributed by atoms with Crippen molar-refractivity contribution in [1.82, 2.24) is 20.0 Å². The summed E-state index contributed by atoms with van der Waals surface area (Å²) in [5.74, 6) is 0.757. The van der Waals surface area contributed by atoms with Gasteiger partial charge in [-0.2, -0.15) is 5.10 Å². The first-order valence-electron chi connectivity index (χ1n) is 8.90. The molecule has 0 aliphatic rings. The van der Waals surface area contributed by atoms with E-state index in [-0.39, 0.29) is 6.61 Å². The van der Waals surface area contributed by atoms with Gasteiger partial charge in [-0.3, -0.25) is 4.68 Å². The summed E-state index contributed by atoms with van der Waals surface area (Å²) >= 11 is 1.62. The number of thiophene rings is 1. The van der Waals surface area contributed by atoms with Crippen molar-refractivity contribution < 1.29 is 14.6 Å². The Balaban J connectivity index is 1.76. The van der Waals surface area contributed by atoms with Gasteiger partial charge in [0.1, 0.15) is 23.7 Å². The molecule has 3 aromatic heterocycles. The van der Waals surface area contributed by atoms with Crippen LogP contribution in [0.5, 0.6) is 5.75 Å². The molecule has 0 atom stereocenters. The van der Waals surface area contributed by atoms with Crippen molar-refractivity contribution in [2.24, 2.45) is 0 Å². The van der Waals surface area contributed by atoms with E-state index in [0.29, 0.717) is 19.8 Å². The number of rotatable bonds is 8. The fourth-order valence-electron chi connectivity index (χ4n) is 3.00. The van der Waals surface area contributed by atoms with Gasteiger partial charge in [0, 0.05) is 29.8 Å². The van der Waals surface area contributed by atoms with Gasteiger partial charge in [0.2, 0.25) is 0 Å². The lowest BCUT2D eigenvalue weighted by Gasteiger charge is -2.11. The second-order valence-corrected chi connectivity index (χ2v) is 7.03. The summed E-state index contributed by atoms with van der Waals surface area (Å²) < 4.78 is 13.7. The van der Waals surface area contributed by atoms with Crippen molar-refractivity contribution in [3.63, 3.8) is 0 Å². The zero-order valence-electron chi connectivity index (χ0n) is 15.4. The maximum atomic E-state index is 9.10. The average Bonchev–Trinajstić information content (AvgIpc) is 3.38. The minimum atomic E-state index is 0.0411. The lowest BCUT2D eigenvalue weighted by Crippen LogP contribution is -2.05. The summed E-state index contributed by atoms with van der Waals surface area (Å²) in [6.45, 7) is 1.48. The Labute approximate surface area is 166 Å². The molecule has 0 radical (unpaired) electrons. The van der Waals surface area contributed by atoms with Gasteiger partial charge in [0.25, 0.3) is 0 Å². The molecule has 144 valence electrons. The van der Waals surface area contributed by atoms with Crippen LogP contribution >= 0.6 is 11.3 Å². The van der Waals surface area contributed by atoms with E-state index in [0.717, 1.165) is 38.4 Å². The predicted octanol–water partition coefficient (Wildman–Crippen LogP) is 3.24. The Kier molecular flexibility index (Phi) is 5.61. The first-order chi connectivity index (χ1) is 13.8. The number of aliphatic hydroxyl groups excluding tert-OH is 1. The molecule has 8 heteroatoms. The van der Waals surface area contributed by atoms with Crippen molar-refractivity contribution in [3.05, 3.63) is 48.1 Å². The van der Waals surface area contributed by atoms with E-state index in [1.165, 1.54) is 0 Å². The second-order valence-electron chi connectivity index (χ2n) is 6.11. The van der Waals surface area contributed by atoms with Gasteiger partial charge in [0.05, 0.1) is 30.7 Å². The average molecular weight is 396 g/mol. The van der Waals surface area contributed by atoms with Crippen LogP contribution in [0.3, 0.4) is 0 Å². The number of methoxy groups -OCH3 is 1. The summed E-state index contributed by atoms with van der Waals surface area (Å²) in [7, 11) is 1.65. The van der Waals surface area contributed by atoms with Gasteiger partial charge in [-0.05, 0) is 23.6 Å². The molecular weight excluding hydrogens is 376 g/mol. The van der Waals surface area contributed by atoms with Gasteiger partial charge in [-0.15, -0.1) is 21.5 Å². The third-order valence-electron chi connectivity index (χ3n) is 4.31. The molecule has 0 bridgehead atoms. The molecule has 1 N–H and O–H groups in total. The topological polar surface area (TPSA) is 82.3 Å². The Morgan fingerprint density at radius 2 is 1.96 bits per heavy atom. The standard InChI is InChI=1S/C20H20N4O3S/c1-26-9-10-27-17-5-3-2-4-15(17)19-20-16(6-11-28-20)18(22-23-19)14-12-21-24(13-14)7-8-25/h2-6,11-13,25H,7-10H2,1H3. The molecular formula is C20H20N4O3S. The molecule has 4 aromatic rings. The highest BCUT2D eigenvalue weighted by Gasteiger charge is 2.17. The van der Waals surface area contributed by atoms with Crippen LogP contribution in [-0.4, -0.2) is 52.0 Å². The monoisotopic (exact) mass is 396 g/mol. The van der Waals surface area contributed by atoms with Crippen LogP contribution in [0, 0.1) is 0 Å². The summed E-state index contributed by atoms with van der Waals surface area (Å²) in [6.07, 6.45) is 3.62.